The van der Waals surface area contributed by atoms with Crippen molar-refractivity contribution in [3.63, 3.8) is 0 Å². The van der Waals surface area contributed by atoms with E-state index in [1.165, 1.54) is 6.26 Å². The van der Waals surface area contributed by atoms with E-state index in [-0.39, 0.29) is 27.8 Å². The van der Waals surface area contributed by atoms with Gasteiger partial charge in [0.2, 0.25) is 0 Å². The first-order valence-electron chi connectivity index (χ1n) is 13.6. The van der Waals surface area contributed by atoms with Crippen molar-refractivity contribution in [2.24, 2.45) is 0 Å². The quantitative estimate of drug-likeness (QED) is 0.174. The standard InChI is InChI=1S/C32H30Cl2N2O6S/c1-43(2,41)23-5-3-4-19(14-23)15-26(32(39)40)35-31(38)29-25(33)16-22-18-36(11-8-24(22)30(29)34)12-9-27(37)21-7-6-20-10-13-42-28(20)17-21/h3-7,10,13-14,16-17,26H,1,8-9,11-12,15,18H2,2H3,(H,35,38)(H,39,40)/t26-,43?/m0/s1. The lowest BCUT2D eigenvalue weighted by molar-refractivity contribution is -0.139. The summed E-state index contributed by atoms with van der Waals surface area (Å²) in [6, 6.07) is 14.4. The van der Waals surface area contributed by atoms with Crippen molar-refractivity contribution in [1.82, 2.24) is 10.2 Å². The molecular formula is C32H30Cl2N2O6S. The fourth-order valence-electron chi connectivity index (χ4n) is 5.25. The van der Waals surface area contributed by atoms with Crippen molar-refractivity contribution in [3.8, 4) is 0 Å². The van der Waals surface area contributed by atoms with Crippen molar-refractivity contribution in [2.75, 3.05) is 19.3 Å². The molecule has 1 amide bonds. The van der Waals surface area contributed by atoms with E-state index in [1.807, 2.05) is 12.1 Å². The van der Waals surface area contributed by atoms with Crippen LogP contribution in [0.5, 0.6) is 0 Å². The Labute approximate surface area is 259 Å². The largest absolute Gasteiger partial charge is 0.480 e. The van der Waals surface area contributed by atoms with Gasteiger partial charge in [-0.25, -0.2) is 4.79 Å². The third-order valence-corrected chi connectivity index (χ3v) is 9.55. The predicted octanol–water partition coefficient (Wildman–Crippen LogP) is 5.50. The van der Waals surface area contributed by atoms with Gasteiger partial charge < -0.3 is 14.8 Å². The van der Waals surface area contributed by atoms with Gasteiger partial charge >= 0.3 is 5.97 Å². The molecule has 1 aliphatic heterocycles. The van der Waals surface area contributed by atoms with Gasteiger partial charge in [-0.3, -0.25) is 18.7 Å². The molecule has 8 nitrogen and oxygen atoms in total. The number of Topliss-reactive ketones (excluding diaryl/α,β-unsaturated/α-hetero) is 1. The number of furan rings is 1. The molecule has 2 heterocycles. The molecule has 0 fully saturated rings. The number of hydrogen-bond donors (Lipinski definition) is 2. The molecule has 0 saturated carbocycles. The molecular weight excluding hydrogens is 611 g/mol. The van der Waals surface area contributed by atoms with Crippen LogP contribution >= 0.6 is 23.2 Å². The minimum atomic E-state index is -2.49. The predicted molar refractivity (Wildman–Crippen MR) is 169 cm³/mol. The molecule has 1 aromatic heterocycles. The van der Waals surface area contributed by atoms with Crippen LogP contribution in [0.25, 0.3) is 11.0 Å². The van der Waals surface area contributed by atoms with Gasteiger partial charge in [0.25, 0.3) is 5.91 Å². The number of benzene rings is 3. The molecule has 43 heavy (non-hydrogen) atoms. The van der Waals surface area contributed by atoms with E-state index >= 15 is 0 Å². The van der Waals surface area contributed by atoms with Crippen molar-refractivity contribution in [1.29, 1.82) is 0 Å². The van der Waals surface area contributed by atoms with Crippen LogP contribution in [0, 0.1) is 0 Å². The Kier molecular flexibility index (Phi) is 8.99. The Balaban J connectivity index is 1.26. The van der Waals surface area contributed by atoms with Gasteiger partial charge in [0.05, 0.1) is 21.9 Å². The van der Waals surface area contributed by atoms with Gasteiger partial charge in [0.1, 0.15) is 11.6 Å². The number of hydrogen-bond acceptors (Lipinski definition) is 6. The number of carboxylic acids is 1. The van der Waals surface area contributed by atoms with Crippen molar-refractivity contribution >= 4 is 67.2 Å². The van der Waals surface area contributed by atoms with E-state index in [9.17, 15) is 23.7 Å². The average molecular weight is 642 g/mol. The smallest absolute Gasteiger partial charge is 0.326 e. The zero-order chi connectivity index (χ0) is 30.9. The first-order chi connectivity index (χ1) is 20.4. The fraction of sp³-hybridized carbons (Fsp3) is 0.250. The van der Waals surface area contributed by atoms with E-state index < -0.39 is 27.4 Å². The first kappa shape index (κ1) is 30.8. The summed E-state index contributed by atoms with van der Waals surface area (Å²) in [4.78, 5) is 40.8. The molecule has 3 aromatic carbocycles. The minimum absolute atomic E-state index is 0.0153. The first-order valence-corrected chi connectivity index (χ1v) is 16.5. The lowest BCUT2D eigenvalue weighted by atomic mass is 9.96. The fourth-order valence-corrected chi connectivity index (χ4v) is 6.78. The Morgan fingerprint density at radius 1 is 1.14 bits per heavy atom. The molecule has 2 atom stereocenters. The summed E-state index contributed by atoms with van der Waals surface area (Å²) in [7, 11) is -2.49. The normalized spacial score (nSPS) is 15.4. The van der Waals surface area contributed by atoms with E-state index in [4.69, 9.17) is 27.6 Å². The van der Waals surface area contributed by atoms with Gasteiger partial charge in [0, 0.05) is 54.6 Å². The maximum atomic E-state index is 13.3. The SMILES string of the molecule is C=S(C)(=O)c1cccc(C[C@H](NC(=O)c2c(Cl)cc3c(c2Cl)CCN(CCC(=O)c2ccc4ccoc4c2)C3)C(=O)O)c1. The molecule has 0 spiro atoms. The van der Waals surface area contributed by atoms with Gasteiger partial charge in [-0.05, 0) is 68.8 Å². The number of nitrogens with one attached hydrogen (secondary N) is 1. The van der Waals surface area contributed by atoms with Crippen LogP contribution in [-0.4, -0.2) is 63.1 Å². The van der Waals surface area contributed by atoms with Crippen LogP contribution in [0.15, 0.2) is 70.2 Å². The lowest BCUT2D eigenvalue weighted by Crippen LogP contribution is -2.42. The van der Waals surface area contributed by atoms with Gasteiger partial charge in [-0.15, -0.1) is 0 Å². The molecule has 0 saturated heterocycles. The molecule has 0 bridgehead atoms. The number of halogens is 2. The maximum absolute atomic E-state index is 13.3. The summed E-state index contributed by atoms with van der Waals surface area (Å²) in [5.74, 6) is 1.76. The van der Waals surface area contributed by atoms with Gasteiger partial charge in [-0.1, -0.05) is 47.5 Å². The van der Waals surface area contributed by atoms with E-state index in [1.54, 1.807) is 48.7 Å². The van der Waals surface area contributed by atoms with Crippen LogP contribution in [0.4, 0.5) is 0 Å². The Morgan fingerprint density at radius 3 is 2.67 bits per heavy atom. The second-order valence-corrected chi connectivity index (χ2v) is 14.0. The summed E-state index contributed by atoms with van der Waals surface area (Å²) >= 11 is 13.2. The topological polar surface area (TPSA) is 117 Å². The van der Waals surface area contributed by atoms with E-state index in [2.05, 4.69) is 16.1 Å². The van der Waals surface area contributed by atoms with Crippen molar-refractivity contribution in [2.45, 2.75) is 36.7 Å². The number of carboxylic acid groups (broad SMARTS) is 1. The molecule has 0 aliphatic carbocycles. The number of rotatable bonds is 10. The third kappa shape index (κ3) is 6.96. The summed E-state index contributed by atoms with van der Waals surface area (Å²) in [5, 5.41) is 13.6. The number of fused-ring (bicyclic) bond motifs is 2. The number of amides is 1. The number of ketones is 1. The second kappa shape index (κ2) is 12.5. The maximum Gasteiger partial charge on any atom is 0.326 e. The summed E-state index contributed by atoms with van der Waals surface area (Å²) in [6.07, 6.45) is 3.93. The van der Waals surface area contributed by atoms with Crippen molar-refractivity contribution < 1.29 is 28.1 Å². The highest BCUT2D eigenvalue weighted by atomic mass is 35.5. The number of nitrogens with zero attached hydrogens (tertiary/aromatic N) is 1. The number of carbonyl (C=O) groups is 3. The highest BCUT2D eigenvalue weighted by Crippen LogP contribution is 2.35. The zero-order valence-electron chi connectivity index (χ0n) is 23.4. The zero-order valence-corrected chi connectivity index (χ0v) is 25.7. The van der Waals surface area contributed by atoms with Gasteiger partial charge in [-0.2, -0.15) is 0 Å². The van der Waals surface area contributed by atoms with Crippen LogP contribution < -0.4 is 5.32 Å². The monoisotopic (exact) mass is 640 g/mol. The number of aliphatic carboxylic acids is 1. The average Bonchev–Trinajstić information content (AvgIpc) is 3.43. The molecule has 5 rings (SSSR count). The van der Waals surface area contributed by atoms with Gasteiger partial charge in [0.15, 0.2) is 5.78 Å². The molecule has 1 unspecified atom stereocenters. The van der Waals surface area contributed by atoms with Crippen LogP contribution in [0.2, 0.25) is 10.0 Å². The van der Waals surface area contributed by atoms with E-state index in [0.29, 0.717) is 54.1 Å². The highest BCUT2D eigenvalue weighted by Gasteiger charge is 2.28. The summed E-state index contributed by atoms with van der Waals surface area (Å²) < 4.78 is 17.8. The molecule has 1 aliphatic rings. The van der Waals surface area contributed by atoms with Crippen LogP contribution in [0.3, 0.4) is 0 Å². The van der Waals surface area contributed by atoms with Crippen LogP contribution in [0.1, 0.15) is 43.8 Å². The lowest BCUT2D eigenvalue weighted by Gasteiger charge is -2.30. The summed E-state index contributed by atoms with van der Waals surface area (Å²) in [6.45, 7) is 1.66. The second-order valence-electron chi connectivity index (χ2n) is 10.8. The molecule has 224 valence electrons. The van der Waals surface area contributed by atoms with Crippen LogP contribution in [-0.2, 0) is 33.7 Å². The molecule has 2 N–H and O–H groups in total. The highest BCUT2D eigenvalue weighted by molar-refractivity contribution is 7.99. The van der Waals surface area contributed by atoms with Crippen molar-refractivity contribution in [3.05, 3.63) is 98.7 Å². The third-order valence-electron chi connectivity index (χ3n) is 7.58. The Hall–Kier alpha value is -3.63. The minimum Gasteiger partial charge on any atom is -0.480 e. The van der Waals surface area contributed by atoms with E-state index in [0.717, 1.165) is 16.5 Å². The summed E-state index contributed by atoms with van der Waals surface area (Å²) in [5.41, 5.74) is 3.51. The molecule has 4 aromatic rings. The molecule has 0 radical (unpaired) electrons. The number of carbonyl (C=O) groups excluding carboxylic acids is 2. The molecule has 11 heteroatoms. The Morgan fingerprint density at radius 2 is 1.93 bits per heavy atom. The Bertz CT molecular complexity index is 1850.